The van der Waals surface area contributed by atoms with Gasteiger partial charge in [0.1, 0.15) is 12.6 Å². The summed E-state index contributed by atoms with van der Waals surface area (Å²) in [5, 5.41) is 9.50. The minimum absolute atomic E-state index is 0.0610. The van der Waals surface area contributed by atoms with Crippen LogP contribution in [0.1, 0.15) is 13.3 Å². The summed E-state index contributed by atoms with van der Waals surface area (Å²) in [7, 11) is 1.70. The molecule has 0 saturated carbocycles. The molecule has 0 aromatic heterocycles. The SMILES string of the molecule is C[C@@H]1CC[N@@+](C)(S(=O)O)CC1O. The van der Waals surface area contributed by atoms with Crippen LogP contribution in [0.25, 0.3) is 0 Å². The van der Waals surface area contributed by atoms with Crippen molar-refractivity contribution in [3.8, 4) is 0 Å². The van der Waals surface area contributed by atoms with Gasteiger partial charge in [0.05, 0.1) is 13.6 Å². The van der Waals surface area contributed by atoms with E-state index in [2.05, 4.69) is 0 Å². The van der Waals surface area contributed by atoms with Gasteiger partial charge in [0, 0.05) is 6.42 Å². The van der Waals surface area contributed by atoms with E-state index < -0.39 is 17.4 Å². The Balaban J connectivity index is 2.66. The van der Waals surface area contributed by atoms with E-state index in [1.165, 1.54) is 0 Å². The third kappa shape index (κ3) is 1.85. The van der Waals surface area contributed by atoms with Crippen molar-refractivity contribution >= 4 is 11.3 Å². The summed E-state index contributed by atoms with van der Waals surface area (Å²) >= 11 is -1.88. The van der Waals surface area contributed by atoms with Gasteiger partial charge in [0.15, 0.2) is 0 Å². The summed E-state index contributed by atoms with van der Waals surface area (Å²) in [6.45, 7) is 3.01. The molecule has 0 amide bonds. The van der Waals surface area contributed by atoms with Crippen LogP contribution in [0, 0.1) is 5.92 Å². The Morgan fingerprint density at radius 1 is 1.58 bits per heavy atom. The number of quaternary nitrogens is 1. The summed E-state index contributed by atoms with van der Waals surface area (Å²) in [5.74, 6) is 0.250. The summed E-state index contributed by atoms with van der Waals surface area (Å²) < 4.78 is 19.9. The molecule has 1 rings (SSSR count). The van der Waals surface area contributed by atoms with E-state index in [1.54, 1.807) is 7.05 Å². The monoisotopic (exact) mass is 194 g/mol. The van der Waals surface area contributed by atoms with Crippen molar-refractivity contribution in [1.82, 2.24) is 0 Å². The van der Waals surface area contributed by atoms with E-state index in [0.29, 0.717) is 13.1 Å². The van der Waals surface area contributed by atoms with Crippen LogP contribution in [-0.4, -0.2) is 44.0 Å². The highest BCUT2D eigenvalue weighted by Gasteiger charge is 2.39. The number of nitrogens with zero attached hydrogens (tertiary/aromatic N) is 1. The molecule has 0 aliphatic carbocycles. The standard InChI is InChI=1S/C7H15NO3S/c1-6-3-4-8(2,12(10)11)5-7(6)9/h6-7,9H,3-5H2,1-2H3/p+1/t6-,7?,8-/m1/s1. The van der Waals surface area contributed by atoms with Crippen LogP contribution in [0.15, 0.2) is 0 Å². The average Bonchev–Trinajstić information content (AvgIpc) is 1.97. The van der Waals surface area contributed by atoms with E-state index in [-0.39, 0.29) is 9.81 Å². The molecule has 72 valence electrons. The van der Waals surface area contributed by atoms with Crippen molar-refractivity contribution in [1.29, 1.82) is 0 Å². The van der Waals surface area contributed by atoms with Gasteiger partial charge in [0.2, 0.25) is 0 Å². The second-order valence-corrected chi connectivity index (χ2v) is 5.11. The van der Waals surface area contributed by atoms with Crippen LogP contribution < -0.4 is 0 Å². The molecule has 0 radical (unpaired) electrons. The van der Waals surface area contributed by atoms with E-state index in [4.69, 9.17) is 4.55 Å². The van der Waals surface area contributed by atoms with E-state index in [0.717, 1.165) is 6.42 Å². The van der Waals surface area contributed by atoms with Gasteiger partial charge < -0.3 is 5.11 Å². The van der Waals surface area contributed by atoms with Crippen LogP contribution in [0.4, 0.5) is 0 Å². The molecule has 1 saturated heterocycles. The quantitative estimate of drug-likeness (QED) is 0.455. The van der Waals surface area contributed by atoms with Crippen LogP contribution in [-0.2, 0) is 11.3 Å². The molecule has 1 fully saturated rings. The Morgan fingerprint density at radius 3 is 2.58 bits per heavy atom. The maximum Gasteiger partial charge on any atom is 0.358 e. The van der Waals surface area contributed by atoms with Crippen LogP contribution in [0.3, 0.4) is 0 Å². The number of aliphatic hydroxyl groups excluding tert-OH is 1. The fourth-order valence-corrected chi connectivity index (χ4v) is 2.02. The first kappa shape index (κ1) is 10.1. The predicted molar refractivity (Wildman–Crippen MR) is 46.5 cm³/mol. The zero-order valence-corrected chi connectivity index (χ0v) is 8.25. The maximum atomic E-state index is 10.9. The Hall–Kier alpha value is 0.0300. The first-order chi connectivity index (χ1) is 5.46. The van der Waals surface area contributed by atoms with Crippen LogP contribution in [0.5, 0.6) is 0 Å². The molecule has 2 unspecified atom stereocenters. The smallest absolute Gasteiger partial charge is 0.358 e. The minimum atomic E-state index is -1.88. The molecule has 12 heavy (non-hydrogen) atoms. The van der Waals surface area contributed by atoms with Gasteiger partial charge >= 0.3 is 11.3 Å². The number of likely N-dealkylation sites (N-methyl/N-ethyl adjacent to an activating group) is 1. The van der Waals surface area contributed by atoms with Gasteiger partial charge in [-0.2, -0.15) is 4.21 Å². The number of likely N-dealkylation sites (tertiary alicyclic amines) is 1. The highest BCUT2D eigenvalue weighted by atomic mass is 32.2. The lowest BCUT2D eigenvalue weighted by molar-refractivity contribution is -0.797. The molecule has 5 heteroatoms. The van der Waals surface area contributed by atoms with E-state index >= 15 is 0 Å². The van der Waals surface area contributed by atoms with Crippen molar-refractivity contribution in [3.63, 3.8) is 0 Å². The summed E-state index contributed by atoms with van der Waals surface area (Å²) in [5.41, 5.74) is 0. The summed E-state index contributed by atoms with van der Waals surface area (Å²) in [6.07, 6.45) is 0.365. The number of hydrogen-bond acceptors (Lipinski definition) is 2. The van der Waals surface area contributed by atoms with Crippen molar-refractivity contribution in [2.45, 2.75) is 19.4 Å². The second kappa shape index (κ2) is 3.41. The fourth-order valence-electron chi connectivity index (χ4n) is 1.48. The Morgan fingerprint density at radius 2 is 2.17 bits per heavy atom. The molecular formula is C7H16NO3S+. The molecule has 0 aromatic rings. The van der Waals surface area contributed by atoms with Crippen LogP contribution in [0.2, 0.25) is 0 Å². The predicted octanol–water partition coefficient (Wildman–Crippen LogP) is -0.0296. The third-order valence-corrected chi connectivity index (χ3v) is 3.75. The summed E-state index contributed by atoms with van der Waals surface area (Å²) in [6, 6.07) is 0. The van der Waals surface area contributed by atoms with Gasteiger partial charge in [-0.25, -0.2) is 3.89 Å². The molecule has 0 aromatic carbocycles. The molecule has 2 N–H and O–H groups in total. The van der Waals surface area contributed by atoms with E-state index in [9.17, 15) is 9.32 Å². The maximum absolute atomic E-state index is 10.9. The van der Waals surface area contributed by atoms with Crippen molar-refractivity contribution < 1.29 is 17.8 Å². The van der Waals surface area contributed by atoms with Gasteiger partial charge in [-0.15, -0.1) is 0 Å². The molecule has 4 atom stereocenters. The highest BCUT2D eigenvalue weighted by molar-refractivity contribution is 7.73. The fraction of sp³-hybridized carbons (Fsp3) is 1.00. The van der Waals surface area contributed by atoms with Gasteiger partial charge in [-0.05, 0) is 5.92 Å². The summed E-state index contributed by atoms with van der Waals surface area (Å²) in [4.78, 5) is 0. The minimum Gasteiger partial charge on any atom is -0.387 e. The lowest BCUT2D eigenvalue weighted by atomic mass is 9.96. The lowest BCUT2D eigenvalue weighted by Crippen LogP contribution is -2.55. The topological polar surface area (TPSA) is 57.5 Å². The number of piperidine rings is 1. The first-order valence-electron chi connectivity index (χ1n) is 4.10. The van der Waals surface area contributed by atoms with Crippen molar-refractivity contribution in [2.75, 3.05) is 20.1 Å². The normalized spacial score (nSPS) is 45.7. The van der Waals surface area contributed by atoms with Gasteiger partial charge in [0.25, 0.3) is 0 Å². The number of rotatable bonds is 1. The second-order valence-electron chi connectivity index (χ2n) is 3.77. The molecule has 0 spiro atoms. The first-order valence-corrected chi connectivity index (χ1v) is 5.16. The van der Waals surface area contributed by atoms with Crippen molar-refractivity contribution in [2.24, 2.45) is 5.92 Å². The Kier molecular flexibility index (Phi) is 2.88. The molecule has 0 bridgehead atoms. The Bertz CT molecular complexity index is 199. The van der Waals surface area contributed by atoms with Gasteiger partial charge in [-0.1, -0.05) is 6.92 Å². The molecule has 1 aliphatic rings. The average molecular weight is 194 g/mol. The Labute approximate surface area is 75.2 Å². The van der Waals surface area contributed by atoms with Gasteiger partial charge in [-0.3, -0.25) is 4.55 Å². The number of aliphatic hydroxyl groups is 1. The molecular weight excluding hydrogens is 178 g/mol. The zero-order chi connectivity index (χ0) is 9.35. The third-order valence-electron chi connectivity index (χ3n) is 2.66. The lowest BCUT2D eigenvalue weighted by Gasteiger charge is -2.37. The molecule has 1 aliphatic heterocycles. The molecule has 1 heterocycles. The number of hydrogen-bond donors (Lipinski definition) is 2. The largest absolute Gasteiger partial charge is 0.387 e. The van der Waals surface area contributed by atoms with Crippen molar-refractivity contribution in [3.05, 3.63) is 0 Å². The molecule has 4 nitrogen and oxygen atoms in total. The van der Waals surface area contributed by atoms with E-state index in [1.807, 2.05) is 6.92 Å². The zero-order valence-electron chi connectivity index (χ0n) is 7.43. The van der Waals surface area contributed by atoms with Crippen LogP contribution >= 0.6 is 0 Å². The highest BCUT2D eigenvalue weighted by Crippen LogP contribution is 2.23.